The molecule has 0 spiro atoms. The van der Waals surface area contributed by atoms with Crippen LogP contribution in [0.2, 0.25) is 0 Å². The summed E-state index contributed by atoms with van der Waals surface area (Å²) in [5.41, 5.74) is 0. The molecule has 0 saturated carbocycles. The zero-order valence-electron chi connectivity index (χ0n) is 5.16. The third kappa shape index (κ3) is 0.987. The molecule has 2 bridgehead atoms. The summed E-state index contributed by atoms with van der Waals surface area (Å²) in [6.07, 6.45) is 1.21. The molecule has 52 valence electrons. The summed E-state index contributed by atoms with van der Waals surface area (Å²) < 4.78 is 7.14. The number of rotatable bonds is 0. The zero-order valence-corrected chi connectivity index (χ0v) is 6.05. The van der Waals surface area contributed by atoms with E-state index in [-0.39, 0.29) is 0 Å². The molecule has 0 aliphatic carbocycles. The van der Waals surface area contributed by atoms with Crippen molar-refractivity contribution in [2.75, 3.05) is 19.7 Å². The van der Waals surface area contributed by atoms with Gasteiger partial charge in [0, 0.05) is 13.1 Å². The van der Waals surface area contributed by atoms with E-state index in [4.69, 9.17) is 9.42 Å². The molecule has 2 fully saturated rings. The first-order valence-corrected chi connectivity index (χ1v) is 4.39. The van der Waals surface area contributed by atoms with Gasteiger partial charge in [0.15, 0.2) is 0 Å². The van der Waals surface area contributed by atoms with Crippen LogP contribution in [-0.2, 0) is 4.52 Å². The van der Waals surface area contributed by atoms with Gasteiger partial charge in [0.25, 0.3) is 8.53 Å². The van der Waals surface area contributed by atoms with Gasteiger partial charge < -0.3 is 9.42 Å². The maximum atomic E-state index is 9.16. The Morgan fingerprint density at radius 2 is 2.56 bits per heavy atom. The highest BCUT2D eigenvalue weighted by atomic mass is 31.2. The topological polar surface area (TPSA) is 32.7 Å². The third-order valence-corrected chi connectivity index (χ3v) is 3.16. The van der Waals surface area contributed by atoms with Gasteiger partial charge >= 0.3 is 0 Å². The van der Waals surface area contributed by atoms with Crippen molar-refractivity contribution in [2.45, 2.75) is 6.42 Å². The fourth-order valence-electron chi connectivity index (χ4n) is 1.36. The Hall–Kier alpha value is 0.310. The van der Waals surface area contributed by atoms with Crippen molar-refractivity contribution >= 4 is 8.53 Å². The van der Waals surface area contributed by atoms with E-state index < -0.39 is 8.53 Å². The van der Waals surface area contributed by atoms with Crippen LogP contribution in [0.5, 0.6) is 0 Å². The molecule has 2 heterocycles. The van der Waals surface area contributed by atoms with Gasteiger partial charge in [0.2, 0.25) is 0 Å². The number of fused-ring (bicyclic) bond motifs is 2. The van der Waals surface area contributed by atoms with Crippen LogP contribution >= 0.6 is 8.53 Å². The molecule has 0 radical (unpaired) electrons. The van der Waals surface area contributed by atoms with E-state index in [1.54, 1.807) is 0 Å². The maximum absolute atomic E-state index is 9.16. The van der Waals surface area contributed by atoms with E-state index >= 15 is 0 Å². The van der Waals surface area contributed by atoms with Gasteiger partial charge in [0.05, 0.1) is 6.61 Å². The molecule has 9 heavy (non-hydrogen) atoms. The second-order valence-corrected chi connectivity index (χ2v) is 3.95. The first-order valence-electron chi connectivity index (χ1n) is 3.23. The van der Waals surface area contributed by atoms with Crippen LogP contribution in [0, 0.1) is 5.92 Å². The van der Waals surface area contributed by atoms with Crippen LogP contribution in [0.4, 0.5) is 0 Å². The number of hydrogen-bond acceptors (Lipinski definition) is 3. The summed E-state index contributed by atoms with van der Waals surface area (Å²) in [6, 6.07) is 0. The van der Waals surface area contributed by atoms with Crippen molar-refractivity contribution in [3.8, 4) is 0 Å². The lowest BCUT2D eigenvalue weighted by Crippen LogP contribution is -2.23. The van der Waals surface area contributed by atoms with E-state index in [1.165, 1.54) is 6.42 Å². The Morgan fingerprint density at radius 1 is 1.67 bits per heavy atom. The number of nitrogens with zero attached hydrogens (tertiary/aromatic N) is 1. The van der Waals surface area contributed by atoms with Crippen LogP contribution in [-0.4, -0.2) is 29.3 Å². The van der Waals surface area contributed by atoms with E-state index in [9.17, 15) is 0 Å². The molecular weight excluding hydrogens is 137 g/mol. The van der Waals surface area contributed by atoms with Crippen molar-refractivity contribution in [3.05, 3.63) is 0 Å². The molecule has 4 heteroatoms. The van der Waals surface area contributed by atoms with Crippen LogP contribution < -0.4 is 0 Å². The summed E-state index contributed by atoms with van der Waals surface area (Å²) in [4.78, 5) is 9.16. The van der Waals surface area contributed by atoms with E-state index in [0.29, 0.717) is 5.92 Å². The van der Waals surface area contributed by atoms with Crippen molar-refractivity contribution < 1.29 is 9.42 Å². The SMILES string of the molecule is OP1OCC2CCN1C2. The lowest BCUT2D eigenvalue weighted by molar-refractivity contribution is 0.198. The normalized spacial score (nSPS) is 49.7. The maximum Gasteiger partial charge on any atom is 0.255 e. The minimum absolute atomic E-state index is 0.705. The van der Waals surface area contributed by atoms with Gasteiger partial charge in [0.1, 0.15) is 0 Å². The highest BCUT2D eigenvalue weighted by Gasteiger charge is 2.33. The lowest BCUT2D eigenvalue weighted by atomic mass is 10.1. The quantitative estimate of drug-likeness (QED) is 0.508. The van der Waals surface area contributed by atoms with E-state index in [2.05, 4.69) is 0 Å². The molecule has 2 aliphatic rings. The molecule has 2 saturated heterocycles. The smallest absolute Gasteiger partial charge is 0.255 e. The third-order valence-electron chi connectivity index (χ3n) is 1.93. The first-order chi connectivity index (χ1) is 4.36. The Balaban J connectivity index is 2.05. The van der Waals surface area contributed by atoms with Gasteiger partial charge in [-0.1, -0.05) is 0 Å². The Morgan fingerprint density at radius 3 is 3.33 bits per heavy atom. The van der Waals surface area contributed by atoms with Gasteiger partial charge in [-0.05, 0) is 12.3 Å². The lowest BCUT2D eigenvalue weighted by Gasteiger charge is -2.25. The minimum atomic E-state index is -1.18. The molecule has 3 nitrogen and oxygen atoms in total. The molecule has 3 atom stereocenters. The highest BCUT2D eigenvalue weighted by Crippen LogP contribution is 2.45. The van der Waals surface area contributed by atoms with Crippen molar-refractivity contribution in [1.29, 1.82) is 0 Å². The standard InChI is InChI=1S/C5H10NO2P/c7-9-6-2-1-5(3-6)4-8-9/h5,7H,1-4H2. The first kappa shape index (κ1) is 6.05. The van der Waals surface area contributed by atoms with Crippen molar-refractivity contribution in [3.63, 3.8) is 0 Å². The second-order valence-electron chi connectivity index (χ2n) is 2.62. The van der Waals surface area contributed by atoms with E-state index in [0.717, 1.165) is 19.7 Å². The summed E-state index contributed by atoms with van der Waals surface area (Å²) in [6.45, 7) is 2.87. The zero-order chi connectivity index (χ0) is 6.27. The second kappa shape index (κ2) is 2.17. The van der Waals surface area contributed by atoms with Crippen molar-refractivity contribution in [1.82, 2.24) is 4.67 Å². The van der Waals surface area contributed by atoms with Crippen LogP contribution in [0.3, 0.4) is 0 Å². The van der Waals surface area contributed by atoms with Gasteiger partial charge in [-0.2, -0.15) is 0 Å². The Bertz CT molecular complexity index is 122. The highest BCUT2D eigenvalue weighted by molar-refractivity contribution is 7.43. The fourth-order valence-corrected chi connectivity index (χ4v) is 2.52. The largest absolute Gasteiger partial charge is 0.338 e. The molecule has 1 N–H and O–H groups in total. The molecule has 0 aromatic heterocycles. The van der Waals surface area contributed by atoms with E-state index in [1.807, 2.05) is 4.67 Å². The average Bonchev–Trinajstić information content (AvgIpc) is 2.25. The van der Waals surface area contributed by atoms with Crippen LogP contribution in [0.1, 0.15) is 6.42 Å². The predicted octanol–water partition coefficient (Wildman–Crippen LogP) is 0.558. The minimum Gasteiger partial charge on any atom is -0.338 e. The van der Waals surface area contributed by atoms with Gasteiger partial charge in [-0.3, -0.25) is 0 Å². The van der Waals surface area contributed by atoms with Crippen LogP contribution in [0.15, 0.2) is 0 Å². The molecule has 0 aromatic carbocycles. The molecule has 3 unspecified atom stereocenters. The summed E-state index contributed by atoms with van der Waals surface area (Å²) >= 11 is 0. The molecule has 0 aromatic rings. The summed E-state index contributed by atoms with van der Waals surface area (Å²) in [5.74, 6) is 0.705. The Kier molecular flexibility index (Phi) is 1.46. The average molecular weight is 147 g/mol. The van der Waals surface area contributed by atoms with Gasteiger partial charge in [-0.25, -0.2) is 4.67 Å². The molecule has 2 rings (SSSR count). The number of hydrogen-bond donors (Lipinski definition) is 1. The van der Waals surface area contributed by atoms with Gasteiger partial charge in [-0.15, -0.1) is 0 Å². The summed E-state index contributed by atoms with van der Waals surface area (Å²) in [7, 11) is -1.18. The molecular formula is C5H10NO2P. The predicted molar refractivity (Wildman–Crippen MR) is 34.8 cm³/mol. The van der Waals surface area contributed by atoms with Crippen molar-refractivity contribution in [2.24, 2.45) is 5.92 Å². The summed E-state index contributed by atoms with van der Waals surface area (Å²) in [5, 5.41) is 0. The molecule has 2 aliphatic heterocycles. The van der Waals surface area contributed by atoms with Crippen LogP contribution in [0.25, 0.3) is 0 Å². The monoisotopic (exact) mass is 147 g/mol. The fraction of sp³-hybridized carbons (Fsp3) is 1.00. The molecule has 0 amide bonds. The Labute approximate surface area is 55.6 Å².